The van der Waals surface area contributed by atoms with Crippen molar-refractivity contribution in [3.63, 3.8) is 0 Å². The fourth-order valence-corrected chi connectivity index (χ4v) is 2.54. The molecule has 0 saturated heterocycles. The second kappa shape index (κ2) is 6.12. The number of pyridine rings is 1. The number of H-pyrrole nitrogens is 1. The average molecular weight is 332 g/mol. The molecule has 25 heavy (non-hydrogen) atoms. The summed E-state index contributed by atoms with van der Waals surface area (Å²) >= 11 is 0. The molecule has 7 heteroatoms. The van der Waals surface area contributed by atoms with Crippen molar-refractivity contribution in [1.82, 2.24) is 25.0 Å². The van der Waals surface area contributed by atoms with Crippen molar-refractivity contribution in [3.05, 3.63) is 66.6 Å². The van der Waals surface area contributed by atoms with Gasteiger partial charge in [-0.15, -0.1) is 0 Å². The number of anilines is 2. The minimum Gasteiger partial charge on any atom is -0.508 e. The van der Waals surface area contributed by atoms with E-state index in [4.69, 9.17) is 0 Å². The number of aryl methyl sites for hydroxylation is 1. The molecule has 0 radical (unpaired) electrons. The van der Waals surface area contributed by atoms with Crippen molar-refractivity contribution in [2.75, 3.05) is 5.32 Å². The van der Waals surface area contributed by atoms with Crippen LogP contribution in [0.3, 0.4) is 0 Å². The zero-order valence-electron chi connectivity index (χ0n) is 13.5. The van der Waals surface area contributed by atoms with Gasteiger partial charge in [0, 0.05) is 35.9 Å². The van der Waals surface area contributed by atoms with Gasteiger partial charge in [-0.2, -0.15) is 10.2 Å². The van der Waals surface area contributed by atoms with E-state index in [-0.39, 0.29) is 5.75 Å². The summed E-state index contributed by atoms with van der Waals surface area (Å²) in [6.45, 7) is 1.92. The van der Waals surface area contributed by atoms with E-state index < -0.39 is 0 Å². The molecule has 0 amide bonds. The molecule has 0 atom stereocenters. The van der Waals surface area contributed by atoms with Crippen LogP contribution in [-0.4, -0.2) is 30.1 Å². The summed E-state index contributed by atoms with van der Waals surface area (Å²) < 4.78 is 1.71. The molecule has 0 bridgehead atoms. The molecule has 3 heterocycles. The summed E-state index contributed by atoms with van der Waals surface area (Å²) in [6, 6.07) is 12.8. The lowest BCUT2D eigenvalue weighted by molar-refractivity contribution is 0.475. The van der Waals surface area contributed by atoms with Crippen LogP contribution in [0.15, 0.2) is 61.1 Å². The third kappa shape index (κ3) is 3.07. The van der Waals surface area contributed by atoms with Crippen LogP contribution in [0.1, 0.15) is 5.56 Å². The largest absolute Gasteiger partial charge is 0.508 e. The lowest BCUT2D eigenvalue weighted by Crippen LogP contribution is -1.97. The lowest BCUT2D eigenvalue weighted by atomic mass is 10.2. The van der Waals surface area contributed by atoms with E-state index in [2.05, 4.69) is 25.6 Å². The Hall–Kier alpha value is -3.61. The van der Waals surface area contributed by atoms with Crippen LogP contribution in [0.5, 0.6) is 5.75 Å². The third-order valence-electron chi connectivity index (χ3n) is 3.85. The summed E-state index contributed by atoms with van der Waals surface area (Å²) in [7, 11) is 0. The molecule has 0 unspecified atom stereocenters. The summed E-state index contributed by atoms with van der Waals surface area (Å²) in [5, 5.41) is 24.2. The van der Waals surface area contributed by atoms with Crippen molar-refractivity contribution >= 4 is 11.5 Å². The summed E-state index contributed by atoms with van der Waals surface area (Å²) in [6.07, 6.45) is 5.34. The number of hydrogen-bond donors (Lipinski definition) is 3. The summed E-state index contributed by atoms with van der Waals surface area (Å²) in [4.78, 5) is 4.42. The average Bonchev–Trinajstić information content (AvgIpc) is 3.30. The molecule has 0 aliphatic heterocycles. The molecular formula is C18H16N6O. The minimum atomic E-state index is 0.245. The fourth-order valence-electron chi connectivity index (χ4n) is 2.54. The normalized spacial score (nSPS) is 10.8. The van der Waals surface area contributed by atoms with E-state index in [0.29, 0.717) is 5.82 Å². The Bertz CT molecular complexity index is 989. The first-order valence-corrected chi connectivity index (χ1v) is 7.77. The molecule has 0 saturated carbocycles. The van der Waals surface area contributed by atoms with Gasteiger partial charge >= 0.3 is 0 Å². The van der Waals surface area contributed by atoms with Crippen LogP contribution in [0, 0.1) is 6.92 Å². The smallest absolute Gasteiger partial charge is 0.153 e. The van der Waals surface area contributed by atoms with E-state index in [1.807, 2.05) is 43.5 Å². The van der Waals surface area contributed by atoms with Gasteiger partial charge < -0.3 is 10.4 Å². The molecule has 3 N–H and O–H groups in total. The van der Waals surface area contributed by atoms with Crippen molar-refractivity contribution in [1.29, 1.82) is 0 Å². The van der Waals surface area contributed by atoms with Crippen LogP contribution < -0.4 is 5.32 Å². The molecule has 0 spiro atoms. The first-order chi connectivity index (χ1) is 12.2. The molecule has 3 aromatic heterocycles. The molecule has 0 aliphatic carbocycles. The topological polar surface area (TPSA) is 91.6 Å². The number of aromatic amines is 1. The fraction of sp³-hybridized carbons (Fsp3) is 0.0556. The predicted molar refractivity (Wildman–Crippen MR) is 95.1 cm³/mol. The molecule has 7 nitrogen and oxygen atoms in total. The standard InChI is InChI=1S/C18H16N6O/c1-12-9-14(25)4-5-15(12)21-17-10-16(22-23-17)13-3-6-18(19-11-13)24-8-2-7-20-24/h2-11,25H,1H3,(H2,21,22,23). The lowest BCUT2D eigenvalue weighted by Gasteiger charge is -2.06. The van der Waals surface area contributed by atoms with Gasteiger partial charge in [-0.1, -0.05) is 0 Å². The van der Waals surface area contributed by atoms with Crippen molar-refractivity contribution < 1.29 is 5.11 Å². The first kappa shape index (κ1) is 14.9. The van der Waals surface area contributed by atoms with Crippen molar-refractivity contribution in [2.45, 2.75) is 6.92 Å². The van der Waals surface area contributed by atoms with Crippen LogP contribution in [0.25, 0.3) is 17.1 Å². The quantitative estimate of drug-likeness (QED) is 0.498. The van der Waals surface area contributed by atoms with Crippen LogP contribution in [0.2, 0.25) is 0 Å². The number of nitrogens with one attached hydrogen (secondary N) is 2. The maximum atomic E-state index is 9.48. The van der Waals surface area contributed by atoms with E-state index >= 15 is 0 Å². The van der Waals surface area contributed by atoms with Gasteiger partial charge in [0.15, 0.2) is 11.6 Å². The van der Waals surface area contributed by atoms with Crippen LogP contribution in [-0.2, 0) is 0 Å². The summed E-state index contributed by atoms with van der Waals surface area (Å²) in [5.74, 6) is 1.69. The molecular weight excluding hydrogens is 316 g/mol. The molecule has 0 aliphatic rings. The van der Waals surface area contributed by atoms with Crippen LogP contribution >= 0.6 is 0 Å². The Balaban J connectivity index is 1.54. The highest BCUT2D eigenvalue weighted by Gasteiger charge is 2.07. The van der Waals surface area contributed by atoms with Crippen LogP contribution in [0.4, 0.5) is 11.5 Å². The number of phenolic OH excluding ortho intramolecular Hbond substituents is 1. The highest BCUT2D eigenvalue weighted by molar-refractivity contribution is 5.67. The van der Waals surface area contributed by atoms with E-state index in [1.165, 1.54) is 0 Å². The highest BCUT2D eigenvalue weighted by atomic mass is 16.3. The maximum Gasteiger partial charge on any atom is 0.153 e. The second-order valence-electron chi connectivity index (χ2n) is 5.65. The third-order valence-corrected chi connectivity index (χ3v) is 3.85. The molecule has 0 fully saturated rings. The number of aromatic nitrogens is 5. The Labute approximate surface area is 144 Å². The zero-order chi connectivity index (χ0) is 17.2. The van der Waals surface area contributed by atoms with Gasteiger partial charge in [0.1, 0.15) is 5.75 Å². The van der Waals surface area contributed by atoms with Gasteiger partial charge in [0.25, 0.3) is 0 Å². The minimum absolute atomic E-state index is 0.245. The van der Waals surface area contributed by atoms with Crippen molar-refractivity contribution in [3.8, 4) is 22.8 Å². The highest BCUT2D eigenvalue weighted by Crippen LogP contribution is 2.25. The van der Waals surface area contributed by atoms with Gasteiger partial charge in [-0.3, -0.25) is 5.10 Å². The zero-order valence-corrected chi connectivity index (χ0v) is 13.5. The SMILES string of the molecule is Cc1cc(O)ccc1Nc1cc(-c2ccc(-n3cccn3)nc2)[nH]n1. The Morgan fingerprint density at radius 3 is 2.80 bits per heavy atom. The molecule has 4 rings (SSSR count). The van der Waals surface area contributed by atoms with Gasteiger partial charge in [-0.25, -0.2) is 9.67 Å². The number of benzene rings is 1. The van der Waals surface area contributed by atoms with E-state index in [0.717, 1.165) is 28.3 Å². The van der Waals surface area contributed by atoms with E-state index in [9.17, 15) is 5.11 Å². The monoisotopic (exact) mass is 332 g/mol. The van der Waals surface area contributed by atoms with Crippen molar-refractivity contribution in [2.24, 2.45) is 0 Å². The second-order valence-corrected chi connectivity index (χ2v) is 5.65. The number of nitrogens with zero attached hydrogens (tertiary/aromatic N) is 4. The Kier molecular flexibility index (Phi) is 3.66. The first-order valence-electron chi connectivity index (χ1n) is 7.77. The van der Waals surface area contributed by atoms with Gasteiger partial charge in [0.05, 0.1) is 5.69 Å². The molecule has 4 aromatic rings. The summed E-state index contributed by atoms with van der Waals surface area (Å²) in [5.41, 5.74) is 3.62. The predicted octanol–water partition coefficient (Wildman–Crippen LogP) is 3.42. The van der Waals surface area contributed by atoms with Gasteiger partial charge in [-0.05, 0) is 48.9 Å². The number of rotatable bonds is 4. The number of hydrogen-bond acceptors (Lipinski definition) is 5. The Morgan fingerprint density at radius 2 is 2.08 bits per heavy atom. The van der Waals surface area contributed by atoms with Gasteiger partial charge in [0.2, 0.25) is 0 Å². The molecule has 124 valence electrons. The number of phenols is 1. The maximum absolute atomic E-state index is 9.48. The number of aromatic hydroxyl groups is 1. The van der Waals surface area contributed by atoms with E-state index in [1.54, 1.807) is 29.2 Å². The Morgan fingerprint density at radius 1 is 1.16 bits per heavy atom. The molecule has 1 aromatic carbocycles.